The minimum Gasteiger partial charge on any atom is -0.393 e. The lowest BCUT2D eigenvalue weighted by Gasteiger charge is -2.29. The van der Waals surface area contributed by atoms with Crippen LogP contribution in [0.1, 0.15) is 39.7 Å². The molecule has 3 atom stereocenters. The van der Waals surface area contributed by atoms with Crippen LogP contribution in [0, 0.1) is 0 Å². The van der Waals surface area contributed by atoms with Crippen LogP contribution < -0.4 is 0 Å². The highest BCUT2D eigenvalue weighted by molar-refractivity contribution is 7.54. The van der Waals surface area contributed by atoms with Gasteiger partial charge in [0.15, 0.2) is 5.85 Å². The first-order chi connectivity index (χ1) is 10.9. The Balaban J connectivity index is 2.96. The molecule has 0 heterocycles. The summed E-state index contributed by atoms with van der Waals surface area (Å²) in [7, 11) is -3.40. The summed E-state index contributed by atoms with van der Waals surface area (Å²) in [6.45, 7) is 7.70. The molecule has 5 nitrogen and oxygen atoms in total. The average molecular weight is 344 g/mol. The summed E-state index contributed by atoms with van der Waals surface area (Å²) in [6, 6.07) is 9.70. The van der Waals surface area contributed by atoms with Gasteiger partial charge in [-0.15, -0.1) is 0 Å². The molecule has 1 aromatic carbocycles. The maximum atomic E-state index is 13.1. The quantitative estimate of drug-likeness (QED) is 0.615. The second-order valence-corrected chi connectivity index (χ2v) is 7.72. The summed E-state index contributed by atoms with van der Waals surface area (Å²) in [5, 5.41) is 9.52. The van der Waals surface area contributed by atoms with Gasteiger partial charge in [-0.25, -0.2) is 0 Å². The van der Waals surface area contributed by atoms with Gasteiger partial charge < -0.3 is 18.9 Å². The Labute approximate surface area is 139 Å². The predicted molar refractivity (Wildman–Crippen MR) is 91.6 cm³/mol. The molecule has 0 aliphatic heterocycles. The second kappa shape index (κ2) is 10.2. The van der Waals surface area contributed by atoms with Crippen LogP contribution in [0.2, 0.25) is 0 Å². The highest BCUT2D eigenvalue weighted by Crippen LogP contribution is 2.54. The Morgan fingerprint density at radius 1 is 1.09 bits per heavy atom. The molecule has 0 fully saturated rings. The van der Waals surface area contributed by atoms with Crippen molar-refractivity contribution in [3.63, 3.8) is 0 Å². The first-order valence-electron chi connectivity index (χ1n) is 8.17. The van der Waals surface area contributed by atoms with Crippen LogP contribution in [0.3, 0.4) is 0 Å². The molecular weight excluding hydrogens is 315 g/mol. The SMILES string of the molecule is CCOP(=O)(OCC)[C@H](Cc1ccccc1)O[C@@H](C)C[C@H](C)O. The minimum atomic E-state index is -3.40. The van der Waals surface area contributed by atoms with Crippen molar-refractivity contribution in [3.8, 4) is 0 Å². The maximum Gasteiger partial charge on any atom is 0.359 e. The Hall–Kier alpha value is -0.710. The van der Waals surface area contributed by atoms with Gasteiger partial charge in [0.1, 0.15) is 0 Å². The van der Waals surface area contributed by atoms with E-state index < -0.39 is 19.5 Å². The van der Waals surface area contributed by atoms with E-state index >= 15 is 0 Å². The number of ether oxygens (including phenoxy) is 1. The molecule has 0 aliphatic rings. The number of hydrogen-bond acceptors (Lipinski definition) is 5. The van der Waals surface area contributed by atoms with Crippen molar-refractivity contribution in [2.45, 2.75) is 58.6 Å². The predicted octanol–water partition coefficient (Wildman–Crippen LogP) is 4.00. The molecule has 1 N–H and O–H groups in total. The van der Waals surface area contributed by atoms with Crippen LogP contribution in [0.25, 0.3) is 0 Å². The van der Waals surface area contributed by atoms with Gasteiger partial charge in [-0.2, -0.15) is 0 Å². The molecule has 0 unspecified atom stereocenters. The standard InChI is InChI=1S/C17H29O5P/c1-5-20-23(19,21-6-2)17(22-15(4)12-14(3)18)13-16-10-8-7-9-11-16/h7-11,14-15,17-18H,5-6,12-13H2,1-4H3/t14-,15-,17+/m0/s1. The van der Waals surface area contributed by atoms with Crippen LogP contribution in [0.5, 0.6) is 0 Å². The molecule has 1 aromatic rings. The van der Waals surface area contributed by atoms with Gasteiger partial charge in [-0.3, -0.25) is 4.57 Å². The van der Waals surface area contributed by atoms with E-state index in [2.05, 4.69) is 0 Å². The second-order valence-electron chi connectivity index (χ2n) is 5.55. The van der Waals surface area contributed by atoms with Crippen LogP contribution in [0.15, 0.2) is 30.3 Å². The maximum absolute atomic E-state index is 13.1. The fourth-order valence-electron chi connectivity index (χ4n) is 2.42. The zero-order valence-corrected chi connectivity index (χ0v) is 15.4. The van der Waals surface area contributed by atoms with Crippen molar-refractivity contribution >= 4 is 7.60 Å². The Kier molecular flexibility index (Phi) is 9.03. The third-order valence-corrected chi connectivity index (χ3v) is 5.53. The van der Waals surface area contributed by atoms with E-state index in [0.717, 1.165) is 5.56 Å². The third kappa shape index (κ3) is 7.15. The Bertz CT molecular complexity index is 467. The number of rotatable bonds is 11. The molecule has 0 bridgehead atoms. The molecule has 0 saturated carbocycles. The largest absolute Gasteiger partial charge is 0.393 e. The molecule has 0 amide bonds. The fourth-order valence-corrected chi connectivity index (χ4v) is 4.34. The van der Waals surface area contributed by atoms with E-state index in [1.54, 1.807) is 20.8 Å². The Morgan fingerprint density at radius 3 is 2.13 bits per heavy atom. The lowest BCUT2D eigenvalue weighted by molar-refractivity contribution is -0.00428. The molecule has 132 valence electrons. The highest BCUT2D eigenvalue weighted by Gasteiger charge is 2.37. The van der Waals surface area contributed by atoms with Gasteiger partial charge >= 0.3 is 7.60 Å². The zero-order valence-electron chi connectivity index (χ0n) is 14.5. The molecule has 0 saturated heterocycles. The monoisotopic (exact) mass is 344 g/mol. The molecule has 0 spiro atoms. The smallest absolute Gasteiger partial charge is 0.359 e. The van der Waals surface area contributed by atoms with Crippen LogP contribution in [-0.4, -0.2) is 36.4 Å². The number of aliphatic hydroxyl groups excluding tert-OH is 1. The summed E-state index contributed by atoms with van der Waals surface area (Å²) in [4.78, 5) is 0. The van der Waals surface area contributed by atoms with E-state index in [1.165, 1.54) is 0 Å². The van der Waals surface area contributed by atoms with Crippen molar-refractivity contribution in [1.82, 2.24) is 0 Å². The van der Waals surface area contributed by atoms with Crippen molar-refractivity contribution in [2.75, 3.05) is 13.2 Å². The van der Waals surface area contributed by atoms with Gasteiger partial charge in [-0.05, 0) is 39.7 Å². The van der Waals surface area contributed by atoms with E-state index in [4.69, 9.17) is 13.8 Å². The van der Waals surface area contributed by atoms with E-state index in [-0.39, 0.29) is 19.3 Å². The van der Waals surface area contributed by atoms with Crippen molar-refractivity contribution in [1.29, 1.82) is 0 Å². The van der Waals surface area contributed by atoms with E-state index in [0.29, 0.717) is 12.8 Å². The van der Waals surface area contributed by atoms with Crippen LogP contribution in [0.4, 0.5) is 0 Å². The summed E-state index contributed by atoms with van der Waals surface area (Å²) in [5.41, 5.74) is 1.00. The molecule has 0 aliphatic carbocycles. The molecule has 6 heteroatoms. The first kappa shape index (κ1) is 20.3. The summed E-state index contributed by atoms with van der Waals surface area (Å²) >= 11 is 0. The van der Waals surface area contributed by atoms with Gasteiger partial charge in [-0.1, -0.05) is 30.3 Å². The lowest BCUT2D eigenvalue weighted by Crippen LogP contribution is -2.26. The zero-order chi connectivity index (χ0) is 17.3. The molecule has 0 aromatic heterocycles. The highest BCUT2D eigenvalue weighted by atomic mass is 31.2. The van der Waals surface area contributed by atoms with Gasteiger partial charge in [0.2, 0.25) is 0 Å². The number of aliphatic hydroxyl groups is 1. The van der Waals surface area contributed by atoms with Crippen LogP contribution in [-0.2, 0) is 24.8 Å². The van der Waals surface area contributed by atoms with E-state index in [1.807, 2.05) is 37.3 Å². The van der Waals surface area contributed by atoms with Gasteiger partial charge in [0, 0.05) is 6.42 Å². The molecular formula is C17H29O5P. The first-order valence-corrected chi connectivity index (χ1v) is 9.78. The van der Waals surface area contributed by atoms with Crippen molar-refractivity contribution in [2.24, 2.45) is 0 Å². The third-order valence-electron chi connectivity index (χ3n) is 3.29. The summed E-state index contributed by atoms with van der Waals surface area (Å²) < 4.78 is 30.0. The topological polar surface area (TPSA) is 65.0 Å². The lowest BCUT2D eigenvalue weighted by atomic mass is 10.1. The van der Waals surface area contributed by atoms with Gasteiger partial charge in [0.25, 0.3) is 0 Å². The van der Waals surface area contributed by atoms with Crippen molar-refractivity contribution in [3.05, 3.63) is 35.9 Å². The molecule has 23 heavy (non-hydrogen) atoms. The fraction of sp³-hybridized carbons (Fsp3) is 0.647. The Morgan fingerprint density at radius 2 is 1.65 bits per heavy atom. The normalized spacial score (nSPS) is 16.0. The van der Waals surface area contributed by atoms with E-state index in [9.17, 15) is 9.67 Å². The average Bonchev–Trinajstić information content (AvgIpc) is 2.47. The summed E-state index contributed by atoms with van der Waals surface area (Å²) in [5.74, 6) is -0.696. The van der Waals surface area contributed by atoms with Gasteiger partial charge in [0.05, 0.1) is 25.4 Å². The molecule has 0 radical (unpaired) electrons. The summed E-state index contributed by atoms with van der Waals surface area (Å²) in [6.07, 6.45) is 0.158. The number of hydrogen-bond donors (Lipinski definition) is 1. The minimum absolute atomic E-state index is 0.252. The van der Waals surface area contributed by atoms with Crippen molar-refractivity contribution < 1.29 is 23.5 Å². The molecule has 1 rings (SSSR count). The number of benzene rings is 1. The van der Waals surface area contributed by atoms with Crippen LogP contribution >= 0.6 is 7.60 Å².